The van der Waals surface area contributed by atoms with Gasteiger partial charge in [-0.2, -0.15) is 0 Å². The van der Waals surface area contributed by atoms with Gasteiger partial charge in [0.2, 0.25) is 0 Å². The van der Waals surface area contributed by atoms with Crippen molar-refractivity contribution >= 4 is 11.3 Å². The number of aryl methyl sites for hydroxylation is 1. The molecule has 3 heterocycles. The van der Waals surface area contributed by atoms with E-state index < -0.39 is 0 Å². The van der Waals surface area contributed by atoms with Crippen LogP contribution in [0.15, 0.2) is 101 Å². The zero-order chi connectivity index (χ0) is 21.9. The van der Waals surface area contributed by atoms with Crippen molar-refractivity contribution < 1.29 is 9.47 Å². The fourth-order valence-corrected chi connectivity index (χ4v) is 6.05. The Balaban J connectivity index is 1.23. The summed E-state index contributed by atoms with van der Waals surface area (Å²) in [4.78, 5) is 0. The molecule has 0 saturated heterocycles. The Labute approximate surface area is 194 Å². The number of benzene rings is 2. The molecule has 3 atom stereocenters. The maximum Gasteiger partial charge on any atom is 0.156 e. The number of anilines is 1. The lowest BCUT2D eigenvalue weighted by Crippen LogP contribution is -2.24. The van der Waals surface area contributed by atoms with Crippen LogP contribution in [-0.2, 0) is 9.47 Å². The lowest BCUT2D eigenvalue weighted by atomic mass is 9.79. The highest BCUT2D eigenvalue weighted by Gasteiger charge is 2.41. The second kappa shape index (κ2) is 7.28. The normalized spacial score (nSPS) is 26.9. The lowest BCUT2D eigenvalue weighted by Gasteiger charge is -2.28. The number of nitrogens with one attached hydrogen (secondary N) is 1. The van der Waals surface area contributed by atoms with Gasteiger partial charge in [0, 0.05) is 39.9 Å². The zero-order valence-electron chi connectivity index (χ0n) is 18.8. The minimum absolute atomic E-state index is 0.0845. The van der Waals surface area contributed by atoms with E-state index in [9.17, 15) is 0 Å². The zero-order valence-corrected chi connectivity index (χ0v) is 18.8. The van der Waals surface area contributed by atoms with Crippen LogP contribution in [0, 0.1) is 6.92 Å². The second-order valence-electron chi connectivity index (χ2n) is 9.70. The smallest absolute Gasteiger partial charge is 0.156 e. The summed E-state index contributed by atoms with van der Waals surface area (Å²) in [5.74, 6) is 1.51. The number of ether oxygens (including phenoxy) is 2. The maximum absolute atomic E-state index is 6.75. The molecule has 2 aromatic rings. The van der Waals surface area contributed by atoms with Gasteiger partial charge in [-0.15, -0.1) is 0 Å². The summed E-state index contributed by atoms with van der Waals surface area (Å²) in [5.41, 5.74) is 11.5. The molecule has 0 fully saturated rings. The van der Waals surface area contributed by atoms with Crippen molar-refractivity contribution in [3.8, 4) is 0 Å². The number of para-hydroxylation sites is 1. The van der Waals surface area contributed by atoms with E-state index in [1.165, 1.54) is 39.1 Å². The highest BCUT2D eigenvalue weighted by atomic mass is 16.5. The van der Waals surface area contributed by atoms with E-state index in [-0.39, 0.29) is 6.10 Å². The Kier molecular flexibility index (Phi) is 4.20. The van der Waals surface area contributed by atoms with Crippen LogP contribution in [0.3, 0.4) is 0 Å². The monoisotopic (exact) mass is 433 g/mol. The number of hydrogen-bond donors (Lipinski definition) is 1. The van der Waals surface area contributed by atoms with E-state index in [4.69, 9.17) is 9.47 Å². The van der Waals surface area contributed by atoms with Crippen molar-refractivity contribution in [3.63, 3.8) is 0 Å². The van der Waals surface area contributed by atoms with Crippen LogP contribution >= 0.6 is 0 Å². The molecule has 0 spiro atoms. The predicted molar refractivity (Wildman–Crippen MR) is 131 cm³/mol. The van der Waals surface area contributed by atoms with Gasteiger partial charge in [-0.1, -0.05) is 60.2 Å². The topological polar surface area (TPSA) is 30.5 Å². The molecule has 0 radical (unpaired) electrons. The van der Waals surface area contributed by atoms with E-state index in [2.05, 4.69) is 72.9 Å². The molecular weight excluding hydrogens is 406 g/mol. The summed E-state index contributed by atoms with van der Waals surface area (Å²) in [5, 5.41) is 3.73. The Morgan fingerprint density at radius 3 is 2.70 bits per heavy atom. The highest BCUT2D eigenvalue weighted by Crippen LogP contribution is 2.50. The van der Waals surface area contributed by atoms with Crippen LogP contribution in [0.2, 0.25) is 0 Å². The molecule has 3 heteroatoms. The average Bonchev–Trinajstić information content (AvgIpc) is 3.42. The summed E-state index contributed by atoms with van der Waals surface area (Å²) < 4.78 is 12.6. The van der Waals surface area contributed by atoms with Crippen molar-refractivity contribution in [1.82, 2.24) is 0 Å². The van der Waals surface area contributed by atoms with Gasteiger partial charge >= 0.3 is 0 Å². The Morgan fingerprint density at radius 1 is 0.939 bits per heavy atom. The maximum atomic E-state index is 6.75. The van der Waals surface area contributed by atoms with Gasteiger partial charge in [0.25, 0.3) is 0 Å². The third-order valence-corrected chi connectivity index (χ3v) is 7.73. The van der Waals surface area contributed by atoms with E-state index in [1.54, 1.807) is 0 Å². The first-order chi connectivity index (χ1) is 16.3. The van der Waals surface area contributed by atoms with Crippen molar-refractivity contribution in [2.45, 2.75) is 50.7 Å². The fourth-order valence-electron chi connectivity index (χ4n) is 6.05. The van der Waals surface area contributed by atoms with Gasteiger partial charge in [-0.25, -0.2) is 0 Å². The van der Waals surface area contributed by atoms with E-state index in [1.807, 2.05) is 12.5 Å². The first kappa shape index (κ1) is 19.0. The molecule has 164 valence electrons. The van der Waals surface area contributed by atoms with Crippen LogP contribution in [0.4, 0.5) is 5.69 Å². The molecule has 5 aliphatic rings. The number of allylic oxidation sites excluding steroid dienone is 2. The van der Waals surface area contributed by atoms with E-state index >= 15 is 0 Å². The molecule has 33 heavy (non-hydrogen) atoms. The molecule has 3 nitrogen and oxygen atoms in total. The second-order valence-corrected chi connectivity index (χ2v) is 9.70. The molecule has 3 unspecified atom stereocenters. The van der Waals surface area contributed by atoms with Gasteiger partial charge in [0.05, 0.1) is 12.5 Å². The van der Waals surface area contributed by atoms with Crippen molar-refractivity contribution in [2.24, 2.45) is 0 Å². The summed E-state index contributed by atoms with van der Waals surface area (Å²) in [6, 6.07) is 17.9. The summed E-state index contributed by atoms with van der Waals surface area (Å²) in [6.45, 7) is 2.12. The van der Waals surface area contributed by atoms with Crippen molar-refractivity contribution in [1.29, 1.82) is 0 Å². The third kappa shape index (κ3) is 2.95. The quantitative estimate of drug-likeness (QED) is 0.557. The molecule has 1 N–H and O–H groups in total. The van der Waals surface area contributed by atoms with Crippen LogP contribution in [0.5, 0.6) is 0 Å². The average molecular weight is 434 g/mol. The third-order valence-electron chi connectivity index (χ3n) is 7.73. The van der Waals surface area contributed by atoms with E-state index in [0.717, 1.165) is 42.6 Å². The summed E-state index contributed by atoms with van der Waals surface area (Å²) in [6.07, 6.45) is 12.8. The van der Waals surface area contributed by atoms with Gasteiger partial charge < -0.3 is 14.8 Å². The van der Waals surface area contributed by atoms with Crippen LogP contribution in [0.1, 0.15) is 48.3 Å². The number of rotatable bonds is 2. The van der Waals surface area contributed by atoms with Crippen molar-refractivity contribution in [2.75, 3.05) is 5.32 Å². The van der Waals surface area contributed by atoms with Crippen LogP contribution in [-0.4, -0.2) is 12.1 Å². The Bertz CT molecular complexity index is 1310. The minimum Gasteiger partial charge on any atom is -0.480 e. The first-order valence-corrected chi connectivity index (χ1v) is 12.1. The molecule has 0 saturated carbocycles. The first-order valence-electron chi connectivity index (χ1n) is 12.1. The summed E-state index contributed by atoms with van der Waals surface area (Å²) >= 11 is 0. The largest absolute Gasteiger partial charge is 0.480 e. The molecule has 0 amide bonds. The fraction of sp³-hybridized carbons (Fsp3) is 0.267. The van der Waals surface area contributed by atoms with Gasteiger partial charge in [0.15, 0.2) is 6.10 Å². The molecular formula is C30H27NO2. The lowest BCUT2D eigenvalue weighted by molar-refractivity contribution is 0.207. The summed E-state index contributed by atoms with van der Waals surface area (Å²) in [7, 11) is 0. The predicted octanol–water partition coefficient (Wildman–Crippen LogP) is 6.92. The van der Waals surface area contributed by atoms with E-state index in [0.29, 0.717) is 12.0 Å². The SMILES string of the molecule is Cc1ccc(C2=COC=C3C4=C(OC32)C(C2=CC3c5ccccc5NC3CC2)=CCC4)cc1. The van der Waals surface area contributed by atoms with Gasteiger partial charge in [-0.05, 0) is 55.4 Å². The molecule has 2 aliphatic carbocycles. The Morgan fingerprint density at radius 2 is 1.79 bits per heavy atom. The minimum atomic E-state index is -0.0845. The molecule has 7 rings (SSSR count). The van der Waals surface area contributed by atoms with Gasteiger partial charge in [0.1, 0.15) is 5.76 Å². The van der Waals surface area contributed by atoms with Crippen LogP contribution < -0.4 is 5.32 Å². The highest BCUT2D eigenvalue weighted by molar-refractivity contribution is 5.76. The number of fused-ring (bicyclic) bond motifs is 5. The van der Waals surface area contributed by atoms with Crippen molar-refractivity contribution in [3.05, 3.63) is 118 Å². The van der Waals surface area contributed by atoms with Crippen LogP contribution in [0.25, 0.3) is 5.57 Å². The Hall–Kier alpha value is -3.46. The molecule has 0 bridgehead atoms. The molecule has 2 aromatic carbocycles. The number of hydrogen-bond acceptors (Lipinski definition) is 3. The molecule has 0 aromatic heterocycles. The molecule has 3 aliphatic heterocycles. The standard InChI is InChI=1S/C30H27NO2/c1-18-9-11-19(12-10-18)25-16-32-17-26-23-7-4-6-21(29(23)33-30(25)26)20-13-14-28-24(15-20)22-5-2-3-8-27(22)31-28/h2-3,5-6,8-12,15-17,24,28,30-31H,4,7,13-14H2,1H3. The van der Waals surface area contributed by atoms with Gasteiger partial charge in [-0.3, -0.25) is 0 Å².